The van der Waals surface area contributed by atoms with Crippen molar-refractivity contribution in [1.29, 1.82) is 0 Å². The summed E-state index contributed by atoms with van der Waals surface area (Å²) in [6.07, 6.45) is 3.30. The smallest absolute Gasteiger partial charge is 0.226 e. The van der Waals surface area contributed by atoms with Crippen LogP contribution in [0.15, 0.2) is 29.9 Å². The number of hydrogen-bond acceptors (Lipinski definition) is 4. The number of H-pyrrole nitrogens is 1. The molecule has 0 aliphatic carbocycles. The molecule has 0 saturated heterocycles. The second-order valence-corrected chi connectivity index (χ2v) is 4.99. The molecule has 0 bridgehead atoms. The minimum absolute atomic E-state index is 0.158. The van der Waals surface area contributed by atoms with E-state index < -0.39 is 0 Å². The van der Waals surface area contributed by atoms with Gasteiger partial charge in [-0.15, -0.1) is 11.3 Å². The lowest BCUT2D eigenvalue weighted by Gasteiger charge is -2.15. The molecular formula is C12H14N4O2S. The number of hydrogen-bond donors (Lipinski definition) is 3. The lowest BCUT2D eigenvalue weighted by Crippen LogP contribution is -2.29. The van der Waals surface area contributed by atoms with Crippen LogP contribution in [0.3, 0.4) is 0 Å². The number of aromatic nitrogens is 2. The van der Waals surface area contributed by atoms with Gasteiger partial charge in [-0.1, -0.05) is 6.07 Å². The maximum absolute atomic E-state index is 11.9. The third-order valence-corrected chi connectivity index (χ3v) is 3.42. The number of anilines is 1. The van der Waals surface area contributed by atoms with E-state index in [1.807, 2.05) is 17.5 Å². The Morgan fingerprint density at radius 2 is 2.37 bits per heavy atom. The summed E-state index contributed by atoms with van der Waals surface area (Å²) in [5.41, 5.74) is 0.609. The lowest BCUT2D eigenvalue weighted by molar-refractivity contribution is -0.120. The lowest BCUT2D eigenvalue weighted by atomic mass is 10.1. The molecule has 2 heterocycles. The summed E-state index contributed by atoms with van der Waals surface area (Å²) in [7, 11) is 0. The molecule has 7 heteroatoms. The second-order valence-electron chi connectivity index (χ2n) is 4.01. The van der Waals surface area contributed by atoms with E-state index in [-0.39, 0.29) is 24.3 Å². The van der Waals surface area contributed by atoms with E-state index in [0.29, 0.717) is 5.69 Å². The zero-order chi connectivity index (χ0) is 13.7. The van der Waals surface area contributed by atoms with Gasteiger partial charge < -0.3 is 10.6 Å². The molecule has 1 atom stereocenters. The largest absolute Gasteiger partial charge is 0.348 e. The van der Waals surface area contributed by atoms with Crippen molar-refractivity contribution >= 4 is 28.8 Å². The number of nitrogens with one attached hydrogen (secondary N) is 3. The summed E-state index contributed by atoms with van der Waals surface area (Å²) < 4.78 is 0. The molecule has 0 spiro atoms. The van der Waals surface area contributed by atoms with Gasteiger partial charge in [0.05, 0.1) is 24.3 Å². The molecule has 6 nitrogen and oxygen atoms in total. The predicted molar refractivity (Wildman–Crippen MR) is 72.7 cm³/mol. The number of rotatable bonds is 5. The molecule has 100 valence electrons. The van der Waals surface area contributed by atoms with Crippen LogP contribution in [0.5, 0.6) is 0 Å². The Bertz CT molecular complexity index is 536. The van der Waals surface area contributed by atoms with E-state index in [1.54, 1.807) is 6.20 Å². The molecule has 0 fully saturated rings. The fourth-order valence-electron chi connectivity index (χ4n) is 1.67. The number of thiophene rings is 1. The SMILES string of the molecule is CC(=O)N[C@H](CC(=O)Nc1cn[nH]c1)c1cccs1. The molecule has 0 radical (unpaired) electrons. The van der Waals surface area contributed by atoms with Crippen molar-refractivity contribution < 1.29 is 9.59 Å². The first-order valence-corrected chi connectivity index (χ1v) is 6.62. The van der Waals surface area contributed by atoms with Crippen molar-refractivity contribution in [3.8, 4) is 0 Å². The van der Waals surface area contributed by atoms with Gasteiger partial charge in [-0.3, -0.25) is 14.7 Å². The second kappa shape index (κ2) is 6.14. The molecular weight excluding hydrogens is 264 g/mol. The van der Waals surface area contributed by atoms with Crippen LogP contribution in [0, 0.1) is 0 Å². The molecule has 2 amide bonds. The molecule has 2 aromatic heterocycles. The predicted octanol–water partition coefficient (Wildman–Crippen LogP) is 1.68. The summed E-state index contributed by atoms with van der Waals surface area (Å²) >= 11 is 1.51. The first kappa shape index (κ1) is 13.3. The molecule has 0 aliphatic rings. The van der Waals surface area contributed by atoms with Crippen molar-refractivity contribution in [1.82, 2.24) is 15.5 Å². The molecule has 19 heavy (non-hydrogen) atoms. The first-order chi connectivity index (χ1) is 9.15. The van der Waals surface area contributed by atoms with E-state index in [4.69, 9.17) is 0 Å². The van der Waals surface area contributed by atoms with Crippen LogP contribution in [0.2, 0.25) is 0 Å². The standard InChI is InChI=1S/C12H14N4O2S/c1-8(17)15-10(11-3-2-4-19-11)5-12(18)16-9-6-13-14-7-9/h2-4,6-7,10H,5H2,1H3,(H,13,14)(H,15,17)(H,16,18)/t10-/m1/s1. The molecule has 2 rings (SSSR count). The van der Waals surface area contributed by atoms with Gasteiger partial charge in [0.15, 0.2) is 0 Å². The monoisotopic (exact) mass is 278 g/mol. The molecule has 0 aromatic carbocycles. The Hall–Kier alpha value is -2.15. The van der Waals surface area contributed by atoms with Crippen molar-refractivity contribution in [2.75, 3.05) is 5.32 Å². The van der Waals surface area contributed by atoms with Crippen LogP contribution in [0.4, 0.5) is 5.69 Å². The normalized spacial score (nSPS) is 11.8. The van der Waals surface area contributed by atoms with Crippen LogP contribution in [0.1, 0.15) is 24.3 Å². The average Bonchev–Trinajstić information content (AvgIpc) is 2.99. The van der Waals surface area contributed by atoms with Crippen LogP contribution in [-0.2, 0) is 9.59 Å². The van der Waals surface area contributed by atoms with Crippen molar-refractivity contribution in [3.05, 3.63) is 34.8 Å². The zero-order valence-electron chi connectivity index (χ0n) is 10.3. The minimum Gasteiger partial charge on any atom is -0.348 e. The minimum atomic E-state index is -0.301. The van der Waals surface area contributed by atoms with Crippen molar-refractivity contribution in [2.45, 2.75) is 19.4 Å². The molecule has 0 aliphatic heterocycles. The van der Waals surface area contributed by atoms with E-state index in [9.17, 15) is 9.59 Å². The number of aromatic amines is 1. The highest BCUT2D eigenvalue weighted by Crippen LogP contribution is 2.22. The third-order valence-electron chi connectivity index (χ3n) is 2.44. The van der Waals surface area contributed by atoms with Gasteiger partial charge >= 0.3 is 0 Å². The number of amides is 2. The van der Waals surface area contributed by atoms with E-state index >= 15 is 0 Å². The highest BCUT2D eigenvalue weighted by molar-refractivity contribution is 7.10. The average molecular weight is 278 g/mol. The van der Waals surface area contributed by atoms with Gasteiger partial charge in [-0.2, -0.15) is 5.10 Å². The number of carbonyl (C=O) groups is 2. The van der Waals surface area contributed by atoms with Gasteiger partial charge in [0.2, 0.25) is 11.8 Å². The number of nitrogens with zero attached hydrogens (tertiary/aromatic N) is 1. The van der Waals surface area contributed by atoms with Gasteiger partial charge in [-0.25, -0.2) is 0 Å². The van der Waals surface area contributed by atoms with Crippen LogP contribution >= 0.6 is 11.3 Å². The van der Waals surface area contributed by atoms with Gasteiger partial charge in [0, 0.05) is 18.0 Å². The van der Waals surface area contributed by atoms with Crippen LogP contribution < -0.4 is 10.6 Å². The van der Waals surface area contributed by atoms with E-state index in [0.717, 1.165) is 4.88 Å². The van der Waals surface area contributed by atoms with Crippen LogP contribution in [0.25, 0.3) is 0 Å². The quantitative estimate of drug-likeness (QED) is 0.777. The fraction of sp³-hybridized carbons (Fsp3) is 0.250. The van der Waals surface area contributed by atoms with Crippen LogP contribution in [-0.4, -0.2) is 22.0 Å². The van der Waals surface area contributed by atoms with Crippen molar-refractivity contribution in [3.63, 3.8) is 0 Å². The summed E-state index contributed by atoms with van der Waals surface area (Å²) in [5, 5.41) is 13.8. The zero-order valence-corrected chi connectivity index (χ0v) is 11.2. The Balaban J connectivity index is 1.99. The van der Waals surface area contributed by atoms with Crippen molar-refractivity contribution in [2.24, 2.45) is 0 Å². The highest BCUT2D eigenvalue weighted by atomic mass is 32.1. The fourth-order valence-corrected chi connectivity index (χ4v) is 2.45. The summed E-state index contributed by atoms with van der Waals surface area (Å²) in [6.45, 7) is 1.44. The molecule has 2 aromatic rings. The molecule has 0 unspecified atom stereocenters. The van der Waals surface area contributed by atoms with E-state index in [2.05, 4.69) is 20.8 Å². The Morgan fingerprint density at radius 1 is 1.53 bits per heavy atom. The third kappa shape index (κ3) is 3.92. The summed E-state index contributed by atoms with van der Waals surface area (Å²) in [4.78, 5) is 24.0. The topological polar surface area (TPSA) is 86.9 Å². The van der Waals surface area contributed by atoms with Gasteiger partial charge in [-0.05, 0) is 11.4 Å². The Kier molecular flexibility index (Phi) is 4.30. The van der Waals surface area contributed by atoms with Gasteiger partial charge in [0.1, 0.15) is 0 Å². The number of carbonyl (C=O) groups excluding carboxylic acids is 2. The molecule has 0 saturated carbocycles. The highest BCUT2D eigenvalue weighted by Gasteiger charge is 2.18. The summed E-state index contributed by atoms with van der Waals surface area (Å²) in [6, 6.07) is 3.49. The first-order valence-electron chi connectivity index (χ1n) is 5.74. The van der Waals surface area contributed by atoms with E-state index in [1.165, 1.54) is 24.5 Å². The Morgan fingerprint density at radius 3 is 2.95 bits per heavy atom. The van der Waals surface area contributed by atoms with Gasteiger partial charge in [0.25, 0.3) is 0 Å². The maximum atomic E-state index is 11.9. The molecule has 3 N–H and O–H groups in total. The Labute approximate surface area is 114 Å². The summed E-state index contributed by atoms with van der Waals surface area (Å²) in [5.74, 6) is -0.330. The maximum Gasteiger partial charge on any atom is 0.226 e.